The smallest absolute Gasteiger partial charge is 0.307 e. The molecule has 3 aromatic carbocycles. The Morgan fingerprint density at radius 2 is 1.74 bits per heavy atom. The number of benzene rings is 3. The second kappa shape index (κ2) is 11.5. The quantitative estimate of drug-likeness (QED) is 0.342. The summed E-state index contributed by atoms with van der Waals surface area (Å²) in [6.07, 6.45) is 0.267. The SMILES string of the molecule is CN(C)CCC(=O)N(C)c1ccc(NC(=C2C(=O)Nc3cc(Cl)ccc32)c2cccc(CC(=O)O)c2)cc1. The first-order valence-electron chi connectivity index (χ1n) is 12.1. The van der Waals surface area contributed by atoms with E-state index in [4.69, 9.17) is 11.6 Å². The molecular formula is C29H29ClN4O4. The van der Waals surface area contributed by atoms with Crippen LogP contribution >= 0.6 is 11.6 Å². The largest absolute Gasteiger partial charge is 0.481 e. The van der Waals surface area contributed by atoms with Crippen LogP contribution in [0, 0.1) is 0 Å². The van der Waals surface area contributed by atoms with Crippen molar-refractivity contribution in [1.29, 1.82) is 0 Å². The van der Waals surface area contributed by atoms with Crippen LogP contribution in [0.1, 0.15) is 23.1 Å². The predicted octanol–water partition coefficient (Wildman–Crippen LogP) is 4.81. The van der Waals surface area contributed by atoms with E-state index < -0.39 is 5.97 Å². The van der Waals surface area contributed by atoms with Gasteiger partial charge in [0.1, 0.15) is 0 Å². The van der Waals surface area contributed by atoms with Gasteiger partial charge in [-0.3, -0.25) is 14.4 Å². The topological polar surface area (TPSA) is 102 Å². The van der Waals surface area contributed by atoms with Crippen molar-refractivity contribution in [3.8, 4) is 0 Å². The Morgan fingerprint density at radius 3 is 2.42 bits per heavy atom. The number of carboxylic acids is 1. The van der Waals surface area contributed by atoms with Crippen LogP contribution in [0.15, 0.2) is 66.7 Å². The minimum atomic E-state index is -0.942. The number of nitrogens with one attached hydrogen (secondary N) is 2. The zero-order chi connectivity index (χ0) is 27.4. The summed E-state index contributed by atoms with van der Waals surface area (Å²) in [6.45, 7) is 0.662. The highest BCUT2D eigenvalue weighted by Crippen LogP contribution is 2.39. The fraction of sp³-hybridized carbons (Fsp3) is 0.207. The zero-order valence-corrected chi connectivity index (χ0v) is 22.2. The van der Waals surface area contributed by atoms with Crippen LogP contribution in [0.3, 0.4) is 0 Å². The average molecular weight is 533 g/mol. The molecule has 0 fully saturated rings. The van der Waals surface area contributed by atoms with E-state index in [0.29, 0.717) is 57.3 Å². The van der Waals surface area contributed by atoms with Crippen molar-refractivity contribution in [1.82, 2.24) is 4.90 Å². The lowest BCUT2D eigenvalue weighted by atomic mass is 9.98. The van der Waals surface area contributed by atoms with Gasteiger partial charge >= 0.3 is 5.97 Å². The lowest BCUT2D eigenvalue weighted by Crippen LogP contribution is -2.29. The van der Waals surface area contributed by atoms with E-state index >= 15 is 0 Å². The number of carbonyl (C=O) groups excluding carboxylic acids is 2. The van der Waals surface area contributed by atoms with Crippen molar-refractivity contribution >= 4 is 57.7 Å². The molecule has 0 saturated heterocycles. The summed E-state index contributed by atoms with van der Waals surface area (Å²) in [5.74, 6) is -1.23. The van der Waals surface area contributed by atoms with Crippen LogP contribution in [-0.4, -0.2) is 55.5 Å². The van der Waals surface area contributed by atoms with Gasteiger partial charge in [0.15, 0.2) is 0 Å². The Balaban J connectivity index is 1.71. The highest BCUT2D eigenvalue weighted by molar-refractivity contribution is 6.38. The van der Waals surface area contributed by atoms with E-state index in [0.717, 1.165) is 5.69 Å². The summed E-state index contributed by atoms with van der Waals surface area (Å²) in [6, 6.07) is 19.6. The number of hydrogen-bond acceptors (Lipinski definition) is 5. The number of aliphatic carboxylic acids is 1. The molecule has 1 aliphatic heterocycles. The van der Waals surface area contributed by atoms with E-state index in [1.165, 1.54) is 0 Å². The first kappa shape index (κ1) is 26.9. The van der Waals surface area contributed by atoms with Crippen molar-refractivity contribution < 1.29 is 19.5 Å². The maximum Gasteiger partial charge on any atom is 0.307 e. The van der Waals surface area contributed by atoms with Gasteiger partial charge in [0.2, 0.25) is 5.91 Å². The Kier molecular flexibility index (Phi) is 8.14. The molecule has 196 valence electrons. The Bertz CT molecular complexity index is 1420. The predicted molar refractivity (Wildman–Crippen MR) is 151 cm³/mol. The lowest BCUT2D eigenvalue weighted by Gasteiger charge is -2.20. The number of anilines is 3. The highest BCUT2D eigenvalue weighted by atomic mass is 35.5. The third-order valence-corrected chi connectivity index (χ3v) is 6.45. The molecule has 1 aliphatic rings. The molecule has 0 unspecified atom stereocenters. The number of amides is 2. The molecule has 4 rings (SSSR count). The van der Waals surface area contributed by atoms with Gasteiger partial charge in [-0.15, -0.1) is 0 Å². The van der Waals surface area contributed by atoms with Crippen LogP contribution in [0.4, 0.5) is 17.1 Å². The average Bonchev–Trinajstić information content (AvgIpc) is 3.19. The van der Waals surface area contributed by atoms with Crippen molar-refractivity contribution in [3.05, 3.63) is 88.4 Å². The van der Waals surface area contributed by atoms with Crippen LogP contribution < -0.4 is 15.5 Å². The van der Waals surface area contributed by atoms with Crippen molar-refractivity contribution in [2.24, 2.45) is 0 Å². The van der Waals surface area contributed by atoms with E-state index in [1.807, 2.05) is 49.3 Å². The molecule has 1 heterocycles. The van der Waals surface area contributed by atoms with E-state index in [2.05, 4.69) is 10.6 Å². The van der Waals surface area contributed by atoms with Gasteiger partial charge < -0.3 is 25.5 Å². The molecule has 2 amide bonds. The number of rotatable bonds is 9. The van der Waals surface area contributed by atoms with Crippen LogP contribution in [0.2, 0.25) is 5.02 Å². The van der Waals surface area contributed by atoms with Gasteiger partial charge in [-0.1, -0.05) is 35.9 Å². The molecule has 0 atom stereocenters. The van der Waals surface area contributed by atoms with Crippen molar-refractivity contribution in [3.63, 3.8) is 0 Å². The van der Waals surface area contributed by atoms with Crippen molar-refractivity contribution in [2.75, 3.05) is 43.2 Å². The molecule has 38 heavy (non-hydrogen) atoms. The van der Waals surface area contributed by atoms with Gasteiger partial charge in [-0.05, 0) is 67.7 Å². The first-order valence-corrected chi connectivity index (χ1v) is 12.4. The molecule has 0 bridgehead atoms. The number of halogens is 1. The molecule has 0 aliphatic carbocycles. The fourth-order valence-electron chi connectivity index (χ4n) is 4.23. The second-order valence-electron chi connectivity index (χ2n) is 9.34. The van der Waals surface area contributed by atoms with E-state index in [1.54, 1.807) is 48.3 Å². The third-order valence-electron chi connectivity index (χ3n) is 6.22. The molecule has 9 heteroatoms. The monoisotopic (exact) mass is 532 g/mol. The minimum absolute atomic E-state index is 0.00959. The van der Waals surface area contributed by atoms with E-state index in [-0.39, 0.29) is 18.2 Å². The lowest BCUT2D eigenvalue weighted by molar-refractivity contribution is -0.136. The molecule has 0 radical (unpaired) electrons. The Hall–Kier alpha value is -4.14. The Morgan fingerprint density at radius 1 is 1.00 bits per heavy atom. The highest BCUT2D eigenvalue weighted by Gasteiger charge is 2.29. The standard InChI is InChI=1S/C29H29ClN4O4/c1-33(2)14-13-25(35)34(3)22-10-8-21(9-11-22)31-28(19-6-4-5-18(15-19)16-26(36)37)27-23-12-7-20(30)17-24(23)32-29(27)38/h4-12,15,17,31H,13-14,16H2,1-3H3,(H,32,38)(H,36,37). The maximum absolute atomic E-state index is 13.1. The third kappa shape index (κ3) is 6.22. The van der Waals surface area contributed by atoms with Crippen molar-refractivity contribution in [2.45, 2.75) is 12.8 Å². The number of nitrogens with zero attached hydrogens (tertiary/aromatic N) is 2. The zero-order valence-electron chi connectivity index (χ0n) is 21.4. The first-order chi connectivity index (χ1) is 18.1. The number of carbonyl (C=O) groups is 3. The Labute approximate surface area is 226 Å². The van der Waals surface area contributed by atoms with Gasteiger partial charge in [-0.2, -0.15) is 0 Å². The molecular weight excluding hydrogens is 504 g/mol. The van der Waals surface area contributed by atoms with Gasteiger partial charge in [-0.25, -0.2) is 0 Å². The second-order valence-corrected chi connectivity index (χ2v) is 9.78. The summed E-state index contributed by atoms with van der Waals surface area (Å²) >= 11 is 6.14. The number of fused-ring (bicyclic) bond motifs is 1. The summed E-state index contributed by atoms with van der Waals surface area (Å²) in [4.78, 5) is 40.6. The summed E-state index contributed by atoms with van der Waals surface area (Å²) in [7, 11) is 5.59. The summed E-state index contributed by atoms with van der Waals surface area (Å²) in [5.41, 5.74) is 4.96. The molecule has 0 aromatic heterocycles. The minimum Gasteiger partial charge on any atom is -0.481 e. The number of carboxylic acid groups (broad SMARTS) is 1. The summed E-state index contributed by atoms with van der Waals surface area (Å²) < 4.78 is 0. The van der Waals surface area contributed by atoms with E-state index in [9.17, 15) is 19.5 Å². The molecule has 3 aromatic rings. The molecule has 0 spiro atoms. The van der Waals surface area contributed by atoms with Gasteiger partial charge in [0, 0.05) is 42.0 Å². The van der Waals surface area contributed by atoms with Crippen LogP contribution in [0.5, 0.6) is 0 Å². The van der Waals surface area contributed by atoms with Crippen LogP contribution in [-0.2, 0) is 20.8 Å². The summed E-state index contributed by atoms with van der Waals surface area (Å²) in [5, 5.41) is 16.0. The maximum atomic E-state index is 13.1. The molecule has 0 saturated carbocycles. The molecule has 3 N–H and O–H groups in total. The fourth-order valence-corrected chi connectivity index (χ4v) is 4.40. The normalized spacial score (nSPS) is 13.7. The number of hydrogen-bond donors (Lipinski definition) is 3. The van der Waals surface area contributed by atoms with Crippen LogP contribution in [0.25, 0.3) is 11.3 Å². The molecule has 8 nitrogen and oxygen atoms in total. The van der Waals surface area contributed by atoms with Gasteiger partial charge in [0.25, 0.3) is 5.91 Å². The van der Waals surface area contributed by atoms with Gasteiger partial charge in [0.05, 0.1) is 23.4 Å².